The maximum Gasteiger partial charge on any atom is 0.242 e. The van der Waals surface area contributed by atoms with Gasteiger partial charge >= 0.3 is 0 Å². The van der Waals surface area contributed by atoms with Gasteiger partial charge in [-0.25, -0.2) is 4.39 Å². The zero-order chi connectivity index (χ0) is 17.9. The summed E-state index contributed by atoms with van der Waals surface area (Å²) in [4.78, 5) is 27.5. The quantitative estimate of drug-likeness (QED) is 0.827. The fourth-order valence-corrected chi connectivity index (χ4v) is 3.26. The van der Waals surface area contributed by atoms with Crippen LogP contribution in [0.2, 0.25) is 0 Å². The molecule has 0 N–H and O–H groups in total. The van der Waals surface area contributed by atoms with E-state index in [0.29, 0.717) is 44.7 Å². The van der Waals surface area contributed by atoms with Crippen LogP contribution in [0.4, 0.5) is 4.39 Å². The second kappa shape index (κ2) is 7.49. The van der Waals surface area contributed by atoms with E-state index in [1.165, 1.54) is 17.9 Å². The zero-order valence-corrected chi connectivity index (χ0v) is 14.4. The van der Waals surface area contributed by atoms with Crippen LogP contribution in [0.15, 0.2) is 24.3 Å². The van der Waals surface area contributed by atoms with Crippen LogP contribution in [0.5, 0.6) is 0 Å². The zero-order valence-electron chi connectivity index (χ0n) is 14.4. The minimum Gasteiger partial charge on any atom is -0.347 e. The topological polar surface area (TPSA) is 59.1 Å². The second-order valence-corrected chi connectivity index (χ2v) is 6.45. The Hall–Kier alpha value is -1.99. The van der Waals surface area contributed by atoms with Gasteiger partial charge in [0.05, 0.1) is 13.2 Å². The molecule has 7 heteroatoms. The molecule has 1 aromatic carbocycles. The molecule has 2 aliphatic rings. The molecule has 2 amide bonds. The molecule has 0 bridgehead atoms. The molecule has 2 fully saturated rings. The first-order chi connectivity index (χ1) is 12.0. The summed E-state index contributed by atoms with van der Waals surface area (Å²) in [5, 5.41) is 0. The van der Waals surface area contributed by atoms with E-state index in [2.05, 4.69) is 0 Å². The van der Waals surface area contributed by atoms with Crippen molar-refractivity contribution in [2.24, 2.45) is 0 Å². The van der Waals surface area contributed by atoms with Crippen molar-refractivity contribution in [1.82, 2.24) is 9.80 Å². The van der Waals surface area contributed by atoms with Crippen molar-refractivity contribution in [3.63, 3.8) is 0 Å². The average molecular weight is 350 g/mol. The van der Waals surface area contributed by atoms with Gasteiger partial charge in [-0.15, -0.1) is 0 Å². The van der Waals surface area contributed by atoms with Crippen LogP contribution in [0.3, 0.4) is 0 Å². The van der Waals surface area contributed by atoms with Gasteiger partial charge in [-0.05, 0) is 6.07 Å². The van der Waals surface area contributed by atoms with Crippen molar-refractivity contribution in [3.05, 3.63) is 35.6 Å². The van der Waals surface area contributed by atoms with E-state index in [9.17, 15) is 14.0 Å². The Morgan fingerprint density at radius 2 is 1.84 bits per heavy atom. The normalized spacial score (nSPS) is 19.2. The highest BCUT2D eigenvalue weighted by Gasteiger charge is 2.40. The fraction of sp³-hybridized carbons (Fsp3) is 0.556. The number of likely N-dealkylation sites (tertiary alicyclic amines) is 1. The van der Waals surface area contributed by atoms with Crippen molar-refractivity contribution in [3.8, 4) is 0 Å². The standard InChI is InChI=1S/C18H23FN2O4/c1-14(22)21(12-15-4-2-3-5-16(15)19)13-17(23)20-8-6-18(7-9-20)24-10-11-25-18/h2-5H,6-13H2,1H3. The lowest BCUT2D eigenvalue weighted by Crippen LogP contribution is -2.50. The van der Waals surface area contributed by atoms with Crippen LogP contribution in [-0.4, -0.2) is 60.2 Å². The molecule has 0 unspecified atom stereocenters. The summed E-state index contributed by atoms with van der Waals surface area (Å²) < 4.78 is 25.1. The SMILES string of the molecule is CC(=O)N(CC(=O)N1CCC2(CC1)OCCO2)Cc1ccccc1F. The van der Waals surface area contributed by atoms with E-state index in [1.807, 2.05) is 0 Å². The van der Waals surface area contributed by atoms with Gasteiger partial charge in [-0.3, -0.25) is 9.59 Å². The molecule has 3 rings (SSSR count). The van der Waals surface area contributed by atoms with E-state index >= 15 is 0 Å². The van der Waals surface area contributed by atoms with Gasteiger partial charge in [0.15, 0.2) is 5.79 Å². The summed E-state index contributed by atoms with van der Waals surface area (Å²) >= 11 is 0. The third kappa shape index (κ3) is 4.16. The fourth-order valence-electron chi connectivity index (χ4n) is 3.26. The number of carbonyl (C=O) groups is 2. The molecule has 25 heavy (non-hydrogen) atoms. The van der Waals surface area contributed by atoms with Crippen LogP contribution in [-0.2, 0) is 25.6 Å². The minimum atomic E-state index is -0.537. The second-order valence-electron chi connectivity index (χ2n) is 6.45. The van der Waals surface area contributed by atoms with Gasteiger partial charge in [0.25, 0.3) is 0 Å². The molecule has 2 aliphatic heterocycles. The summed E-state index contributed by atoms with van der Waals surface area (Å²) in [7, 11) is 0. The van der Waals surface area contributed by atoms with E-state index in [-0.39, 0.29) is 30.7 Å². The molecule has 6 nitrogen and oxygen atoms in total. The molecule has 136 valence electrons. The average Bonchev–Trinajstić information content (AvgIpc) is 3.04. The molecule has 0 aromatic heterocycles. The Balaban J connectivity index is 1.58. The van der Waals surface area contributed by atoms with Gasteiger partial charge in [0, 0.05) is 45.0 Å². The number of hydrogen-bond donors (Lipinski definition) is 0. The smallest absolute Gasteiger partial charge is 0.242 e. The van der Waals surface area contributed by atoms with Crippen LogP contribution in [0.25, 0.3) is 0 Å². The third-order valence-corrected chi connectivity index (χ3v) is 4.78. The van der Waals surface area contributed by atoms with E-state index in [1.54, 1.807) is 23.1 Å². The van der Waals surface area contributed by atoms with Crippen molar-refractivity contribution >= 4 is 11.8 Å². The van der Waals surface area contributed by atoms with E-state index < -0.39 is 5.79 Å². The van der Waals surface area contributed by atoms with Gasteiger partial charge < -0.3 is 19.3 Å². The lowest BCUT2D eigenvalue weighted by Gasteiger charge is -2.38. The number of amides is 2. The first kappa shape index (κ1) is 17.8. The number of hydrogen-bond acceptors (Lipinski definition) is 4. The first-order valence-corrected chi connectivity index (χ1v) is 8.54. The number of benzene rings is 1. The summed E-state index contributed by atoms with van der Waals surface area (Å²) in [5.41, 5.74) is 0.399. The summed E-state index contributed by atoms with van der Waals surface area (Å²) in [5.74, 6) is -1.31. The Labute approximate surface area is 146 Å². The molecule has 0 atom stereocenters. The Morgan fingerprint density at radius 3 is 2.44 bits per heavy atom. The molecule has 1 spiro atoms. The highest BCUT2D eigenvalue weighted by atomic mass is 19.1. The molecule has 0 saturated carbocycles. The Morgan fingerprint density at radius 1 is 1.20 bits per heavy atom. The number of halogens is 1. The van der Waals surface area contributed by atoms with Crippen molar-refractivity contribution in [2.75, 3.05) is 32.8 Å². The monoisotopic (exact) mass is 350 g/mol. The molecule has 2 saturated heterocycles. The van der Waals surface area contributed by atoms with Gasteiger partial charge in [0.2, 0.25) is 11.8 Å². The molecular formula is C18H23FN2O4. The third-order valence-electron chi connectivity index (χ3n) is 4.78. The number of ether oxygens (including phenoxy) is 2. The summed E-state index contributed by atoms with van der Waals surface area (Å²) in [6.07, 6.45) is 1.26. The number of rotatable bonds is 4. The maximum absolute atomic E-state index is 13.8. The molecule has 1 aromatic rings. The Bertz CT molecular complexity index is 636. The van der Waals surface area contributed by atoms with E-state index in [0.717, 1.165) is 0 Å². The van der Waals surface area contributed by atoms with Crippen LogP contribution in [0.1, 0.15) is 25.3 Å². The summed E-state index contributed by atoms with van der Waals surface area (Å²) in [6.45, 7) is 3.66. The lowest BCUT2D eigenvalue weighted by atomic mass is 10.0. The van der Waals surface area contributed by atoms with Crippen LogP contribution in [0, 0.1) is 5.82 Å². The van der Waals surface area contributed by atoms with Crippen LogP contribution < -0.4 is 0 Å². The van der Waals surface area contributed by atoms with Gasteiger partial charge in [0.1, 0.15) is 12.4 Å². The predicted molar refractivity (Wildman–Crippen MR) is 87.9 cm³/mol. The highest BCUT2D eigenvalue weighted by Crippen LogP contribution is 2.31. The van der Waals surface area contributed by atoms with Gasteiger partial charge in [-0.2, -0.15) is 0 Å². The molecule has 0 aliphatic carbocycles. The molecular weight excluding hydrogens is 327 g/mol. The van der Waals surface area contributed by atoms with Crippen molar-refractivity contribution in [2.45, 2.75) is 32.1 Å². The van der Waals surface area contributed by atoms with Crippen molar-refractivity contribution < 1.29 is 23.5 Å². The predicted octanol–water partition coefficient (Wildman–Crippen LogP) is 1.54. The highest BCUT2D eigenvalue weighted by molar-refractivity contribution is 5.83. The van der Waals surface area contributed by atoms with Crippen molar-refractivity contribution in [1.29, 1.82) is 0 Å². The summed E-state index contributed by atoms with van der Waals surface area (Å²) in [6, 6.07) is 6.28. The number of piperidine rings is 1. The lowest BCUT2D eigenvalue weighted by molar-refractivity contribution is -0.187. The largest absolute Gasteiger partial charge is 0.347 e. The van der Waals surface area contributed by atoms with E-state index in [4.69, 9.17) is 9.47 Å². The molecule has 0 radical (unpaired) electrons. The number of nitrogens with zero attached hydrogens (tertiary/aromatic N) is 2. The molecule has 2 heterocycles. The first-order valence-electron chi connectivity index (χ1n) is 8.54. The Kier molecular flexibility index (Phi) is 5.34. The van der Waals surface area contributed by atoms with Crippen LogP contribution >= 0.6 is 0 Å². The number of carbonyl (C=O) groups excluding carboxylic acids is 2. The minimum absolute atomic E-state index is 0.0572. The van der Waals surface area contributed by atoms with Gasteiger partial charge in [-0.1, -0.05) is 18.2 Å². The maximum atomic E-state index is 13.8.